The molecule has 6 nitrogen and oxygen atoms in total. The van der Waals surface area contributed by atoms with E-state index >= 15 is 0 Å². The van der Waals surface area contributed by atoms with Crippen molar-refractivity contribution in [1.29, 1.82) is 0 Å². The SMILES string of the molecule is O=S(=O)(Nc1ncn(Cc2ccccc2)n1)c1ccc(Br)s1. The van der Waals surface area contributed by atoms with E-state index in [1.807, 2.05) is 30.3 Å². The van der Waals surface area contributed by atoms with Crippen LogP contribution in [-0.2, 0) is 16.6 Å². The third kappa shape index (κ3) is 3.54. The van der Waals surface area contributed by atoms with Gasteiger partial charge in [0.25, 0.3) is 16.0 Å². The first-order valence-electron chi connectivity index (χ1n) is 6.24. The van der Waals surface area contributed by atoms with Crippen molar-refractivity contribution in [3.63, 3.8) is 0 Å². The summed E-state index contributed by atoms with van der Waals surface area (Å²) in [5.74, 6) is 0.0560. The number of sulfonamides is 1. The van der Waals surface area contributed by atoms with Crippen molar-refractivity contribution in [2.24, 2.45) is 0 Å². The highest BCUT2D eigenvalue weighted by atomic mass is 79.9. The average Bonchev–Trinajstić information content (AvgIpc) is 3.09. The van der Waals surface area contributed by atoms with Gasteiger partial charge in [-0.2, -0.15) is 4.98 Å². The molecule has 0 spiro atoms. The molecule has 2 aromatic heterocycles. The largest absolute Gasteiger partial charge is 0.273 e. The summed E-state index contributed by atoms with van der Waals surface area (Å²) in [5.41, 5.74) is 1.06. The third-order valence-electron chi connectivity index (χ3n) is 2.76. The number of aromatic nitrogens is 3. The maximum absolute atomic E-state index is 12.2. The van der Waals surface area contributed by atoms with Crippen molar-refractivity contribution >= 4 is 43.2 Å². The van der Waals surface area contributed by atoms with Crippen LogP contribution in [0.1, 0.15) is 5.56 Å². The summed E-state index contributed by atoms with van der Waals surface area (Å²) in [6.07, 6.45) is 1.50. The van der Waals surface area contributed by atoms with E-state index in [1.54, 1.807) is 10.7 Å². The fourth-order valence-electron chi connectivity index (χ4n) is 1.80. The van der Waals surface area contributed by atoms with Crippen molar-refractivity contribution in [3.8, 4) is 0 Å². The molecule has 0 bridgehead atoms. The quantitative estimate of drug-likeness (QED) is 0.716. The lowest BCUT2D eigenvalue weighted by Gasteiger charge is -2.02. The summed E-state index contributed by atoms with van der Waals surface area (Å²) in [4.78, 5) is 3.98. The summed E-state index contributed by atoms with van der Waals surface area (Å²) in [5, 5.41) is 4.13. The van der Waals surface area contributed by atoms with Crippen LogP contribution in [0.4, 0.5) is 5.95 Å². The normalized spacial score (nSPS) is 11.5. The number of hydrogen-bond acceptors (Lipinski definition) is 5. The zero-order chi connectivity index (χ0) is 15.6. The Morgan fingerprint density at radius 3 is 2.64 bits per heavy atom. The Hall–Kier alpha value is -1.71. The number of nitrogens with one attached hydrogen (secondary N) is 1. The first kappa shape index (κ1) is 15.2. The Kier molecular flexibility index (Phi) is 4.27. The summed E-state index contributed by atoms with van der Waals surface area (Å²) >= 11 is 4.37. The molecule has 0 radical (unpaired) electrons. The van der Waals surface area contributed by atoms with Gasteiger partial charge in [-0.05, 0) is 33.6 Å². The highest BCUT2D eigenvalue weighted by molar-refractivity contribution is 9.11. The van der Waals surface area contributed by atoms with Crippen LogP contribution in [-0.4, -0.2) is 23.2 Å². The molecule has 0 aliphatic heterocycles. The van der Waals surface area contributed by atoms with Gasteiger partial charge in [-0.1, -0.05) is 30.3 Å². The predicted octanol–water partition coefficient (Wildman–Crippen LogP) is 2.95. The molecule has 2 heterocycles. The van der Waals surface area contributed by atoms with E-state index in [2.05, 4.69) is 30.7 Å². The van der Waals surface area contributed by atoms with Gasteiger partial charge in [0.15, 0.2) is 0 Å². The molecule has 0 saturated carbocycles. The molecule has 0 amide bonds. The van der Waals surface area contributed by atoms with E-state index in [-0.39, 0.29) is 10.2 Å². The molecule has 0 aliphatic carbocycles. The molecule has 3 rings (SSSR count). The van der Waals surface area contributed by atoms with Crippen LogP contribution in [0, 0.1) is 0 Å². The number of thiophene rings is 1. The molecule has 1 aromatic carbocycles. The van der Waals surface area contributed by atoms with Gasteiger partial charge in [0, 0.05) is 0 Å². The van der Waals surface area contributed by atoms with E-state index in [0.717, 1.165) is 20.7 Å². The minimum atomic E-state index is -3.65. The van der Waals surface area contributed by atoms with Gasteiger partial charge in [-0.3, -0.25) is 0 Å². The Bertz CT molecular complexity index is 874. The Morgan fingerprint density at radius 1 is 1.18 bits per heavy atom. The summed E-state index contributed by atoms with van der Waals surface area (Å²) < 4.78 is 29.3. The fourth-order valence-corrected chi connectivity index (χ4v) is 4.76. The fraction of sp³-hybridized carbons (Fsp3) is 0.0769. The minimum Gasteiger partial charge on any atom is -0.246 e. The zero-order valence-electron chi connectivity index (χ0n) is 11.2. The predicted molar refractivity (Wildman–Crippen MR) is 88.4 cm³/mol. The van der Waals surface area contributed by atoms with Gasteiger partial charge < -0.3 is 0 Å². The molecule has 0 fully saturated rings. The van der Waals surface area contributed by atoms with E-state index < -0.39 is 10.0 Å². The second kappa shape index (κ2) is 6.19. The van der Waals surface area contributed by atoms with Crippen LogP contribution in [0.5, 0.6) is 0 Å². The smallest absolute Gasteiger partial charge is 0.246 e. The first-order valence-corrected chi connectivity index (χ1v) is 9.34. The van der Waals surface area contributed by atoms with Gasteiger partial charge in [0.2, 0.25) is 0 Å². The number of halogens is 1. The minimum absolute atomic E-state index is 0.0560. The molecular formula is C13H11BrN4O2S2. The van der Waals surface area contributed by atoms with Crippen molar-refractivity contribution < 1.29 is 8.42 Å². The van der Waals surface area contributed by atoms with Crippen LogP contribution in [0.25, 0.3) is 0 Å². The van der Waals surface area contributed by atoms with Gasteiger partial charge >= 0.3 is 0 Å². The lowest BCUT2D eigenvalue weighted by Crippen LogP contribution is -2.13. The van der Waals surface area contributed by atoms with Crippen LogP contribution in [0.2, 0.25) is 0 Å². The molecule has 0 atom stereocenters. The number of nitrogens with zero attached hydrogens (tertiary/aromatic N) is 3. The van der Waals surface area contributed by atoms with Crippen LogP contribution in [0.3, 0.4) is 0 Å². The van der Waals surface area contributed by atoms with Crippen LogP contribution < -0.4 is 4.72 Å². The molecule has 9 heteroatoms. The Labute approximate surface area is 140 Å². The van der Waals surface area contributed by atoms with Gasteiger partial charge in [0.1, 0.15) is 10.5 Å². The Morgan fingerprint density at radius 2 is 1.95 bits per heavy atom. The molecule has 22 heavy (non-hydrogen) atoms. The van der Waals surface area contributed by atoms with E-state index in [4.69, 9.17) is 0 Å². The van der Waals surface area contributed by atoms with Crippen molar-refractivity contribution in [2.75, 3.05) is 4.72 Å². The number of rotatable bonds is 5. The van der Waals surface area contributed by atoms with E-state index in [1.165, 1.54) is 12.4 Å². The monoisotopic (exact) mass is 398 g/mol. The van der Waals surface area contributed by atoms with Crippen molar-refractivity contribution in [1.82, 2.24) is 14.8 Å². The van der Waals surface area contributed by atoms with Crippen LogP contribution in [0.15, 0.2) is 56.8 Å². The second-order valence-corrected chi connectivity index (χ2v) is 8.79. The van der Waals surface area contributed by atoms with Crippen molar-refractivity contribution in [2.45, 2.75) is 10.8 Å². The average molecular weight is 399 g/mol. The maximum atomic E-state index is 12.2. The Balaban J connectivity index is 1.74. The molecule has 0 aliphatic rings. The first-order chi connectivity index (χ1) is 10.5. The van der Waals surface area contributed by atoms with Gasteiger partial charge in [-0.15, -0.1) is 16.4 Å². The molecule has 3 aromatic rings. The summed E-state index contributed by atoms with van der Waals surface area (Å²) in [7, 11) is -3.65. The molecule has 1 N–H and O–H groups in total. The molecule has 114 valence electrons. The summed E-state index contributed by atoms with van der Waals surface area (Å²) in [6.45, 7) is 0.528. The third-order valence-corrected chi connectivity index (χ3v) is 6.21. The highest BCUT2D eigenvalue weighted by Crippen LogP contribution is 2.26. The van der Waals surface area contributed by atoms with Gasteiger partial charge in [-0.25, -0.2) is 17.8 Å². The molecular weight excluding hydrogens is 388 g/mol. The topological polar surface area (TPSA) is 76.9 Å². The number of benzene rings is 1. The van der Waals surface area contributed by atoms with Gasteiger partial charge in [0.05, 0.1) is 10.3 Å². The number of anilines is 1. The molecule has 0 unspecified atom stereocenters. The standard InChI is InChI=1S/C13H11BrN4O2S2/c14-11-6-7-12(21-11)22(19,20)17-13-15-9-18(16-13)8-10-4-2-1-3-5-10/h1-7,9H,8H2,(H,16,17). The second-order valence-electron chi connectivity index (χ2n) is 4.42. The number of hydrogen-bond donors (Lipinski definition) is 1. The zero-order valence-corrected chi connectivity index (χ0v) is 14.4. The van der Waals surface area contributed by atoms with Crippen molar-refractivity contribution in [3.05, 3.63) is 58.1 Å². The maximum Gasteiger partial charge on any atom is 0.273 e. The molecule has 0 saturated heterocycles. The van der Waals surface area contributed by atoms with E-state index in [9.17, 15) is 8.42 Å². The van der Waals surface area contributed by atoms with E-state index in [0.29, 0.717) is 6.54 Å². The highest BCUT2D eigenvalue weighted by Gasteiger charge is 2.18. The lowest BCUT2D eigenvalue weighted by atomic mass is 10.2. The van der Waals surface area contributed by atoms with Crippen LogP contribution >= 0.6 is 27.3 Å². The lowest BCUT2D eigenvalue weighted by molar-refractivity contribution is 0.602. The summed E-state index contributed by atoms with van der Waals surface area (Å²) in [6, 6.07) is 12.9.